The molecule has 0 aliphatic carbocycles. The molecule has 1 nitrogen and oxygen atoms in total. The topological polar surface area (TPSA) is 3.24 Å². The number of benzene rings is 1. The Morgan fingerprint density at radius 3 is 2.59 bits per heavy atom. The second-order valence-corrected chi connectivity index (χ2v) is 4.80. The average Bonchev–Trinajstić information content (AvgIpc) is 2.23. The number of hydrogen-bond donors (Lipinski definition) is 0. The standard InChI is InChI=1S/C11H12BrClF3N/c12-9-5-8(1-2-10(9)14)6-17(4-3-13)7-11(15)16/h1-2,5,11H,3-4,6-7H2. The van der Waals surface area contributed by atoms with Crippen LogP contribution in [-0.4, -0.2) is 30.3 Å². The van der Waals surface area contributed by atoms with Crippen molar-refractivity contribution in [3.05, 3.63) is 34.1 Å². The van der Waals surface area contributed by atoms with E-state index in [2.05, 4.69) is 15.9 Å². The molecule has 0 radical (unpaired) electrons. The van der Waals surface area contributed by atoms with Crippen molar-refractivity contribution in [3.8, 4) is 0 Å². The summed E-state index contributed by atoms with van der Waals surface area (Å²) in [5, 5.41) is 0. The molecule has 0 heterocycles. The number of hydrogen-bond acceptors (Lipinski definition) is 1. The van der Waals surface area contributed by atoms with Gasteiger partial charge in [-0.05, 0) is 33.6 Å². The van der Waals surface area contributed by atoms with Crippen LogP contribution in [0, 0.1) is 5.82 Å². The number of alkyl halides is 3. The summed E-state index contributed by atoms with van der Waals surface area (Å²) >= 11 is 8.60. The molecule has 0 amide bonds. The largest absolute Gasteiger partial charge is 0.292 e. The van der Waals surface area contributed by atoms with Crippen LogP contribution in [-0.2, 0) is 6.54 Å². The molecule has 0 saturated heterocycles. The van der Waals surface area contributed by atoms with E-state index in [1.807, 2.05) is 0 Å². The second-order valence-electron chi connectivity index (χ2n) is 3.56. The maximum Gasteiger partial charge on any atom is 0.251 e. The minimum absolute atomic E-state index is 0.287. The van der Waals surface area contributed by atoms with E-state index in [4.69, 9.17) is 11.6 Å². The fourth-order valence-corrected chi connectivity index (χ4v) is 2.11. The highest BCUT2D eigenvalue weighted by Gasteiger charge is 2.12. The number of halogens is 5. The van der Waals surface area contributed by atoms with Gasteiger partial charge < -0.3 is 0 Å². The van der Waals surface area contributed by atoms with Crippen molar-refractivity contribution in [2.24, 2.45) is 0 Å². The Bertz CT molecular complexity index is 363. The van der Waals surface area contributed by atoms with Gasteiger partial charge in [0.15, 0.2) is 0 Å². The molecule has 0 aliphatic rings. The fourth-order valence-electron chi connectivity index (χ4n) is 1.45. The third kappa shape index (κ3) is 5.27. The molecule has 0 saturated carbocycles. The first-order valence-electron chi connectivity index (χ1n) is 5.03. The lowest BCUT2D eigenvalue weighted by Gasteiger charge is -2.20. The molecular weight excluding hydrogens is 318 g/mol. The molecule has 0 bridgehead atoms. The van der Waals surface area contributed by atoms with E-state index in [-0.39, 0.29) is 18.2 Å². The molecule has 1 aromatic carbocycles. The first kappa shape index (κ1) is 14.8. The van der Waals surface area contributed by atoms with Gasteiger partial charge in [0, 0.05) is 19.0 Å². The van der Waals surface area contributed by atoms with Crippen LogP contribution in [0.4, 0.5) is 13.2 Å². The molecule has 0 N–H and O–H groups in total. The minimum atomic E-state index is -2.40. The quantitative estimate of drug-likeness (QED) is 0.715. The van der Waals surface area contributed by atoms with Gasteiger partial charge in [0.05, 0.1) is 11.0 Å². The van der Waals surface area contributed by atoms with Crippen LogP contribution in [0.25, 0.3) is 0 Å². The van der Waals surface area contributed by atoms with Gasteiger partial charge >= 0.3 is 0 Å². The predicted octanol–water partition coefficient (Wildman–Crippen LogP) is 3.89. The van der Waals surface area contributed by atoms with Crippen LogP contribution >= 0.6 is 27.5 Å². The average molecular weight is 331 g/mol. The zero-order valence-corrected chi connectivity index (χ0v) is 11.3. The number of rotatable bonds is 6. The smallest absolute Gasteiger partial charge is 0.251 e. The van der Waals surface area contributed by atoms with Crippen molar-refractivity contribution in [2.45, 2.75) is 13.0 Å². The Morgan fingerprint density at radius 1 is 1.35 bits per heavy atom. The lowest BCUT2D eigenvalue weighted by atomic mass is 10.2. The molecule has 17 heavy (non-hydrogen) atoms. The third-order valence-corrected chi connectivity index (χ3v) is 2.96. The third-order valence-electron chi connectivity index (χ3n) is 2.19. The Labute approximate surface area is 112 Å². The summed E-state index contributed by atoms with van der Waals surface area (Å²) in [5.74, 6) is -0.0822. The summed E-state index contributed by atoms with van der Waals surface area (Å²) in [7, 11) is 0. The van der Waals surface area contributed by atoms with Gasteiger partial charge in [-0.3, -0.25) is 4.90 Å². The Balaban J connectivity index is 2.67. The summed E-state index contributed by atoms with van der Waals surface area (Å²) in [6, 6.07) is 4.47. The monoisotopic (exact) mass is 329 g/mol. The van der Waals surface area contributed by atoms with E-state index < -0.39 is 6.43 Å². The van der Waals surface area contributed by atoms with Gasteiger partial charge in [0.1, 0.15) is 5.82 Å². The molecule has 6 heteroatoms. The number of nitrogens with zero attached hydrogens (tertiary/aromatic N) is 1. The van der Waals surface area contributed by atoms with Gasteiger partial charge in [-0.25, -0.2) is 13.2 Å². The maximum absolute atomic E-state index is 13.0. The molecule has 0 fully saturated rings. The van der Waals surface area contributed by atoms with Crippen molar-refractivity contribution in [1.29, 1.82) is 0 Å². The molecular formula is C11H12BrClF3N. The molecule has 1 aromatic rings. The maximum atomic E-state index is 13.0. The highest BCUT2D eigenvalue weighted by Crippen LogP contribution is 2.18. The van der Waals surface area contributed by atoms with Crippen LogP contribution in [0.3, 0.4) is 0 Å². The second kappa shape index (κ2) is 7.24. The van der Waals surface area contributed by atoms with E-state index >= 15 is 0 Å². The van der Waals surface area contributed by atoms with Crippen molar-refractivity contribution >= 4 is 27.5 Å². The Kier molecular flexibility index (Phi) is 6.30. The minimum Gasteiger partial charge on any atom is -0.292 e. The Morgan fingerprint density at radius 2 is 2.06 bits per heavy atom. The molecule has 96 valence electrons. The lowest BCUT2D eigenvalue weighted by molar-refractivity contribution is 0.0878. The summed E-state index contributed by atoms with van der Waals surface area (Å²) in [6.45, 7) is 0.374. The summed E-state index contributed by atoms with van der Waals surface area (Å²) in [5.41, 5.74) is 0.768. The predicted molar refractivity (Wildman–Crippen MR) is 66.1 cm³/mol. The van der Waals surface area contributed by atoms with Crippen molar-refractivity contribution < 1.29 is 13.2 Å². The molecule has 0 aromatic heterocycles. The SMILES string of the molecule is Fc1ccc(CN(CCCl)CC(F)F)cc1Br. The van der Waals surface area contributed by atoms with Gasteiger partial charge in [-0.15, -0.1) is 11.6 Å². The normalized spacial score (nSPS) is 11.5. The van der Waals surface area contributed by atoms with Crippen LogP contribution < -0.4 is 0 Å². The zero-order valence-electron chi connectivity index (χ0n) is 8.97. The van der Waals surface area contributed by atoms with Gasteiger partial charge in [-0.2, -0.15) is 0 Å². The molecule has 0 atom stereocenters. The molecule has 0 unspecified atom stereocenters. The Hall–Kier alpha value is -0.260. The summed E-state index contributed by atoms with van der Waals surface area (Å²) in [6.07, 6.45) is -2.40. The van der Waals surface area contributed by atoms with Crippen molar-refractivity contribution in [2.75, 3.05) is 19.0 Å². The van der Waals surface area contributed by atoms with E-state index in [1.165, 1.54) is 11.0 Å². The molecule has 0 spiro atoms. The van der Waals surface area contributed by atoms with E-state index in [1.54, 1.807) is 12.1 Å². The van der Waals surface area contributed by atoms with Crippen LogP contribution in [0.1, 0.15) is 5.56 Å². The van der Waals surface area contributed by atoms with Crippen LogP contribution in [0.5, 0.6) is 0 Å². The lowest BCUT2D eigenvalue weighted by Crippen LogP contribution is -2.30. The van der Waals surface area contributed by atoms with Crippen molar-refractivity contribution in [1.82, 2.24) is 4.90 Å². The molecule has 0 aliphatic heterocycles. The van der Waals surface area contributed by atoms with E-state index in [9.17, 15) is 13.2 Å². The van der Waals surface area contributed by atoms with Gasteiger partial charge in [-0.1, -0.05) is 6.07 Å². The zero-order chi connectivity index (χ0) is 12.8. The van der Waals surface area contributed by atoms with E-state index in [0.717, 1.165) is 5.56 Å². The van der Waals surface area contributed by atoms with Gasteiger partial charge in [0.25, 0.3) is 6.43 Å². The van der Waals surface area contributed by atoms with Crippen molar-refractivity contribution in [3.63, 3.8) is 0 Å². The van der Waals surface area contributed by atoms with Gasteiger partial charge in [0.2, 0.25) is 0 Å². The van der Waals surface area contributed by atoms with Crippen LogP contribution in [0.2, 0.25) is 0 Å². The molecule has 1 rings (SSSR count). The highest BCUT2D eigenvalue weighted by molar-refractivity contribution is 9.10. The highest BCUT2D eigenvalue weighted by atomic mass is 79.9. The fraction of sp³-hybridized carbons (Fsp3) is 0.455. The summed E-state index contributed by atoms with van der Waals surface area (Å²) in [4.78, 5) is 1.54. The van der Waals surface area contributed by atoms with E-state index in [0.29, 0.717) is 17.6 Å². The first-order valence-corrected chi connectivity index (χ1v) is 6.36. The summed E-state index contributed by atoms with van der Waals surface area (Å²) < 4.78 is 37.9. The van der Waals surface area contributed by atoms with Crippen LogP contribution in [0.15, 0.2) is 22.7 Å². The first-order chi connectivity index (χ1) is 8.02.